The normalized spacial score (nSPS) is 14.0. The predicted octanol–water partition coefficient (Wildman–Crippen LogP) is 3.27. The third-order valence-corrected chi connectivity index (χ3v) is 4.17. The zero-order valence-electron chi connectivity index (χ0n) is 12.8. The van der Waals surface area contributed by atoms with Crippen molar-refractivity contribution in [2.45, 2.75) is 36.4 Å². The second-order valence-corrected chi connectivity index (χ2v) is 6.42. The van der Waals surface area contributed by atoms with E-state index in [2.05, 4.69) is 22.6 Å². The van der Waals surface area contributed by atoms with Crippen molar-refractivity contribution in [1.82, 2.24) is 0 Å². The molecule has 0 radical (unpaired) electrons. The highest BCUT2D eigenvalue weighted by Gasteiger charge is 2.15. The number of rotatable bonds is 10. The molecule has 1 N–H and O–H groups in total. The summed E-state index contributed by atoms with van der Waals surface area (Å²) in [5.74, 6) is -0.339. The zero-order valence-corrected chi connectivity index (χ0v) is 14.9. The summed E-state index contributed by atoms with van der Waals surface area (Å²) in [4.78, 5) is 11.1. The lowest BCUT2D eigenvalue weighted by Gasteiger charge is -2.16. The largest absolute Gasteiger partial charge is 0.463 e. The van der Waals surface area contributed by atoms with Gasteiger partial charge in [0.2, 0.25) is 0 Å². The fraction of sp³-hybridized carbons (Fsp3) is 0.471. The zero-order chi connectivity index (χ0) is 16.2. The number of allylic oxidation sites excluding steroid dienone is 1. The lowest BCUT2D eigenvalue weighted by atomic mass is 10.1. The van der Waals surface area contributed by atoms with E-state index in [0.717, 1.165) is 5.56 Å². The molecule has 0 saturated carbocycles. The Labute approximate surface area is 145 Å². The summed E-state index contributed by atoms with van der Waals surface area (Å²) >= 11 is 2.20. The summed E-state index contributed by atoms with van der Waals surface area (Å²) < 4.78 is 10.4. The van der Waals surface area contributed by atoms with Crippen LogP contribution < -0.4 is 0 Å². The van der Waals surface area contributed by atoms with Gasteiger partial charge in [0, 0.05) is 6.08 Å². The van der Waals surface area contributed by atoms with Gasteiger partial charge in [-0.05, 0) is 25.3 Å². The number of halogens is 1. The smallest absolute Gasteiger partial charge is 0.330 e. The van der Waals surface area contributed by atoms with Crippen LogP contribution in [0.4, 0.5) is 0 Å². The van der Waals surface area contributed by atoms with Crippen molar-refractivity contribution >= 4 is 28.6 Å². The van der Waals surface area contributed by atoms with E-state index >= 15 is 0 Å². The molecule has 0 spiro atoms. The first kappa shape index (κ1) is 19.1. The Hall–Kier alpha value is -0.920. The van der Waals surface area contributed by atoms with E-state index < -0.39 is 6.10 Å². The number of hydrogen-bond donors (Lipinski definition) is 1. The van der Waals surface area contributed by atoms with Crippen LogP contribution >= 0.6 is 22.6 Å². The fourth-order valence-electron chi connectivity index (χ4n) is 1.79. The highest BCUT2D eigenvalue weighted by atomic mass is 127. The molecule has 5 heteroatoms. The van der Waals surface area contributed by atoms with Gasteiger partial charge < -0.3 is 14.6 Å². The molecule has 122 valence electrons. The summed E-state index contributed by atoms with van der Waals surface area (Å²) in [5, 5.41) is 10.0. The van der Waals surface area contributed by atoms with Crippen LogP contribution in [0, 0.1) is 0 Å². The molecule has 0 bridgehead atoms. The third-order valence-electron chi connectivity index (χ3n) is 2.98. The minimum atomic E-state index is -0.455. The summed E-state index contributed by atoms with van der Waals surface area (Å²) in [6.45, 7) is 3.19. The van der Waals surface area contributed by atoms with Gasteiger partial charge in [-0.15, -0.1) is 0 Å². The quantitative estimate of drug-likeness (QED) is 0.274. The molecule has 0 unspecified atom stereocenters. The Kier molecular flexibility index (Phi) is 10.1. The lowest BCUT2D eigenvalue weighted by Crippen LogP contribution is -2.24. The van der Waals surface area contributed by atoms with Gasteiger partial charge in [-0.3, -0.25) is 0 Å². The van der Waals surface area contributed by atoms with Crippen LogP contribution in [0.3, 0.4) is 0 Å². The number of esters is 1. The maximum Gasteiger partial charge on any atom is 0.330 e. The number of benzene rings is 1. The number of hydrogen-bond acceptors (Lipinski definition) is 4. The van der Waals surface area contributed by atoms with Gasteiger partial charge in [0.25, 0.3) is 0 Å². The average molecular weight is 418 g/mol. The van der Waals surface area contributed by atoms with Gasteiger partial charge in [0.1, 0.15) is 0 Å². The Morgan fingerprint density at radius 1 is 1.36 bits per heavy atom. The van der Waals surface area contributed by atoms with E-state index in [-0.39, 0.29) is 9.89 Å². The second-order valence-electron chi connectivity index (χ2n) is 4.82. The van der Waals surface area contributed by atoms with Gasteiger partial charge in [-0.25, -0.2) is 4.79 Å². The molecule has 0 aromatic heterocycles. The maximum absolute atomic E-state index is 11.1. The van der Waals surface area contributed by atoms with Crippen molar-refractivity contribution in [3.63, 3.8) is 0 Å². The molecule has 0 aliphatic rings. The molecule has 0 saturated heterocycles. The van der Waals surface area contributed by atoms with E-state index in [4.69, 9.17) is 9.47 Å². The van der Waals surface area contributed by atoms with Crippen molar-refractivity contribution < 1.29 is 19.4 Å². The van der Waals surface area contributed by atoms with Crippen LogP contribution in [0.15, 0.2) is 42.5 Å². The molecular weight excluding hydrogens is 395 g/mol. The number of carbonyl (C=O) groups excluding carboxylic acids is 1. The molecule has 4 nitrogen and oxygen atoms in total. The maximum atomic E-state index is 11.1. The van der Waals surface area contributed by atoms with E-state index in [1.807, 2.05) is 30.3 Å². The molecule has 0 aliphatic heterocycles. The number of aliphatic hydroxyl groups excluding tert-OH is 1. The Balaban J connectivity index is 2.16. The van der Waals surface area contributed by atoms with Crippen molar-refractivity contribution in [2.75, 3.05) is 13.2 Å². The monoisotopic (exact) mass is 418 g/mol. The van der Waals surface area contributed by atoms with Crippen LogP contribution in [0.25, 0.3) is 0 Å². The standard InChI is InChI=1S/C17H23IO4/c1-2-22-17(20)11-7-6-10-16(19)15(18)13-21-12-14-8-4-3-5-9-14/h3-5,7-9,11,15-16,19H,2,6,10,12-13H2,1H3/b11-7+/t15-,16+/m1/s1. The molecule has 1 rings (SSSR count). The summed E-state index contributed by atoms with van der Waals surface area (Å²) in [5.41, 5.74) is 1.12. The minimum absolute atomic E-state index is 0.0253. The highest BCUT2D eigenvalue weighted by molar-refractivity contribution is 14.1. The van der Waals surface area contributed by atoms with Crippen LogP contribution in [-0.2, 0) is 20.9 Å². The van der Waals surface area contributed by atoms with Crippen LogP contribution in [0.1, 0.15) is 25.3 Å². The van der Waals surface area contributed by atoms with E-state index in [9.17, 15) is 9.90 Å². The topological polar surface area (TPSA) is 55.8 Å². The van der Waals surface area contributed by atoms with Gasteiger partial charge in [0.15, 0.2) is 0 Å². The molecule has 0 aliphatic carbocycles. The molecular formula is C17H23IO4. The van der Waals surface area contributed by atoms with Gasteiger partial charge >= 0.3 is 5.97 Å². The second kappa shape index (κ2) is 11.6. The first-order valence-electron chi connectivity index (χ1n) is 7.40. The number of alkyl halides is 1. The third kappa shape index (κ3) is 8.51. The number of ether oxygens (including phenoxy) is 2. The summed E-state index contributed by atoms with van der Waals surface area (Å²) in [6, 6.07) is 9.95. The molecule has 0 amide bonds. The van der Waals surface area contributed by atoms with Crippen LogP contribution in [0.5, 0.6) is 0 Å². The first-order chi connectivity index (χ1) is 10.6. The van der Waals surface area contributed by atoms with Crippen molar-refractivity contribution in [2.24, 2.45) is 0 Å². The molecule has 22 heavy (non-hydrogen) atoms. The predicted molar refractivity (Wildman–Crippen MR) is 94.9 cm³/mol. The van der Waals surface area contributed by atoms with Crippen LogP contribution in [-0.4, -0.2) is 34.3 Å². The lowest BCUT2D eigenvalue weighted by molar-refractivity contribution is -0.137. The first-order valence-corrected chi connectivity index (χ1v) is 8.65. The molecule has 1 aromatic carbocycles. The SMILES string of the molecule is CCOC(=O)/C=C/CC[C@H](O)[C@H](I)COCc1ccccc1. The average Bonchev–Trinajstić information content (AvgIpc) is 2.52. The molecule has 0 heterocycles. The van der Waals surface area contributed by atoms with Gasteiger partial charge in [-0.1, -0.05) is 59.0 Å². The Morgan fingerprint density at radius 3 is 2.77 bits per heavy atom. The number of aliphatic hydroxyl groups is 1. The van der Waals surface area contributed by atoms with Gasteiger partial charge in [-0.2, -0.15) is 0 Å². The van der Waals surface area contributed by atoms with Crippen molar-refractivity contribution in [3.8, 4) is 0 Å². The van der Waals surface area contributed by atoms with Crippen LogP contribution in [0.2, 0.25) is 0 Å². The van der Waals surface area contributed by atoms with E-state index in [1.54, 1.807) is 13.0 Å². The van der Waals surface area contributed by atoms with Gasteiger partial charge in [0.05, 0.1) is 29.8 Å². The summed E-state index contributed by atoms with van der Waals surface area (Å²) in [6.07, 6.45) is 3.92. The molecule has 0 fully saturated rings. The van der Waals surface area contributed by atoms with E-state index in [1.165, 1.54) is 6.08 Å². The number of carbonyl (C=O) groups is 1. The molecule has 1 aromatic rings. The van der Waals surface area contributed by atoms with Crippen molar-refractivity contribution in [1.29, 1.82) is 0 Å². The Morgan fingerprint density at radius 2 is 2.09 bits per heavy atom. The Bertz CT molecular complexity index is 447. The fourth-order valence-corrected chi connectivity index (χ4v) is 2.41. The molecule has 2 atom stereocenters. The minimum Gasteiger partial charge on any atom is -0.463 e. The van der Waals surface area contributed by atoms with Crippen molar-refractivity contribution in [3.05, 3.63) is 48.0 Å². The highest BCUT2D eigenvalue weighted by Crippen LogP contribution is 2.13. The van der Waals surface area contributed by atoms with E-state index in [0.29, 0.717) is 32.7 Å². The summed E-state index contributed by atoms with van der Waals surface area (Å²) in [7, 11) is 0.